The van der Waals surface area contributed by atoms with Gasteiger partial charge in [0.1, 0.15) is 23.1 Å². The molecule has 2 fully saturated rings. The van der Waals surface area contributed by atoms with Crippen molar-refractivity contribution in [3.63, 3.8) is 0 Å². The van der Waals surface area contributed by atoms with E-state index < -0.39 is 32.4 Å². The summed E-state index contributed by atoms with van der Waals surface area (Å²) in [5.41, 5.74) is 0.429. The molecule has 1 aromatic carbocycles. The Morgan fingerprint density at radius 1 is 1.34 bits per heavy atom. The third-order valence-corrected chi connectivity index (χ3v) is 8.73. The first kappa shape index (κ1) is 25.4. The molecule has 1 aromatic heterocycles. The van der Waals surface area contributed by atoms with Crippen molar-refractivity contribution in [3.8, 4) is 0 Å². The molecule has 7 nitrogen and oxygen atoms in total. The summed E-state index contributed by atoms with van der Waals surface area (Å²) >= 11 is 0. The summed E-state index contributed by atoms with van der Waals surface area (Å²) in [7, 11) is -3.78. The quantitative estimate of drug-likeness (QED) is 0.520. The van der Waals surface area contributed by atoms with Crippen LogP contribution in [0.15, 0.2) is 65.7 Å². The first-order chi connectivity index (χ1) is 16.8. The van der Waals surface area contributed by atoms with Crippen LogP contribution in [-0.4, -0.2) is 42.7 Å². The van der Waals surface area contributed by atoms with Crippen molar-refractivity contribution in [1.82, 2.24) is 14.6 Å². The van der Waals surface area contributed by atoms with Crippen molar-refractivity contribution in [2.24, 2.45) is 0 Å². The summed E-state index contributed by atoms with van der Waals surface area (Å²) in [4.78, 5) is 4.03. The molecule has 10 heteroatoms. The van der Waals surface area contributed by atoms with Crippen molar-refractivity contribution in [3.05, 3.63) is 89.7 Å². The molecule has 1 N–H and O–H groups in total. The lowest BCUT2D eigenvalue weighted by molar-refractivity contribution is -0.0814. The highest BCUT2D eigenvalue weighted by Crippen LogP contribution is 2.35. The molecule has 2 aliphatic rings. The minimum atomic E-state index is -3.78. The van der Waals surface area contributed by atoms with Gasteiger partial charge in [-0.2, -0.15) is 4.31 Å². The molecule has 2 saturated heterocycles. The van der Waals surface area contributed by atoms with Crippen molar-refractivity contribution < 1.29 is 26.4 Å². The SMILES string of the molecule is C=C/C(=C\C=C/C)[C@H]1CCCN(Cc2cc(F)c(C3(NCc4cocn4)COC3)cc2F)S1(=O)=O. The lowest BCUT2D eigenvalue weighted by atomic mass is 9.86. The Hall–Kier alpha value is -2.66. The van der Waals surface area contributed by atoms with Crippen LogP contribution in [0.25, 0.3) is 0 Å². The van der Waals surface area contributed by atoms with Gasteiger partial charge in [-0.15, -0.1) is 0 Å². The average molecular weight is 506 g/mol. The Morgan fingerprint density at radius 3 is 2.77 bits per heavy atom. The molecule has 0 radical (unpaired) electrons. The third-order valence-electron chi connectivity index (χ3n) is 6.47. The number of hydrogen-bond donors (Lipinski definition) is 1. The van der Waals surface area contributed by atoms with Crippen LogP contribution in [0.4, 0.5) is 8.78 Å². The summed E-state index contributed by atoms with van der Waals surface area (Å²) in [5, 5.41) is 2.42. The molecule has 0 amide bonds. The van der Waals surface area contributed by atoms with E-state index in [1.165, 1.54) is 23.0 Å². The molecule has 0 bridgehead atoms. The lowest BCUT2D eigenvalue weighted by Crippen LogP contribution is -2.57. The van der Waals surface area contributed by atoms with Crippen molar-refractivity contribution >= 4 is 10.0 Å². The normalized spacial score (nSPS) is 22.3. The maximum Gasteiger partial charge on any atom is 0.221 e. The van der Waals surface area contributed by atoms with E-state index in [0.29, 0.717) is 30.7 Å². The van der Waals surface area contributed by atoms with Gasteiger partial charge in [0.2, 0.25) is 10.0 Å². The Bertz CT molecular complexity index is 1220. The van der Waals surface area contributed by atoms with E-state index in [9.17, 15) is 8.42 Å². The summed E-state index contributed by atoms with van der Waals surface area (Å²) in [6, 6.07) is 2.23. The van der Waals surface area contributed by atoms with E-state index in [-0.39, 0.29) is 37.4 Å². The zero-order chi connectivity index (χ0) is 25.1. The van der Waals surface area contributed by atoms with E-state index in [0.717, 1.165) is 12.1 Å². The maximum absolute atomic E-state index is 15.3. The van der Waals surface area contributed by atoms with E-state index in [2.05, 4.69) is 16.9 Å². The van der Waals surface area contributed by atoms with Crippen LogP contribution in [0.2, 0.25) is 0 Å². The van der Waals surface area contributed by atoms with Crippen LogP contribution in [0.1, 0.15) is 36.6 Å². The Morgan fingerprint density at radius 2 is 2.14 bits per heavy atom. The Balaban J connectivity index is 1.56. The molecule has 188 valence electrons. The third kappa shape index (κ3) is 5.16. The van der Waals surface area contributed by atoms with Gasteiger partial charge in [-0.05, 0) is 37.5 Å². The zero-order valence-electron chi connectivity index (χ0n) is 19.5. The number of hydrogen-bond acceptors (Lipinski definition) is 6. The molecule has 0 saturated carbocycles. The van der Waals surface area contributed by atoms with Crippen LogP contribution in [0, 0.1) is 11.6 Å². The predicted octanol–water partition coefficient (Wildman–Crippen LogP) is 3.95. The summed E-state index contributed by atoms with van der Waals surface area (Å²) in [6.07, 6.45) is 10.6. The number of rotatable bonds is 9. The topological polar surface area (TPSA) is 84.7 Å². The van der Waals surface area contributed by atoms with E-state index in [1.807, 2.05) is 6.92 Å². The number of halogens is 2. The second-order valence-electron chi connectivity index (χ2n) is 8.74. The summed E-state index contributed by atoms with van der Waals surface area (Å²) < 4.78 is 68.6. The molecule has 4 rings (SSSR count). The van der Waals surface area contributed by atoms with E-state index >= 15 is 8.78 Å². The van der Waals surface area contributed by atoms with Gasteiger partial charge in [0.05, 0.1) is 24.4 Å². The molecule has 35 heavy (non-hydrogen) atoms. The van der Waals surface area contributed by atoms with Gasteiger partial charge in [-0.1, -0.05) is 30.9 Å². The fraction of sp³-hybridized carbons (Fsp3) is 0.400. The number of nitrogens with zero attached hydrogens (tertiary/aromatic N) is 2. The van der Waals surface area contributed by atoms with Crippen LogP contribution in [0.3, 0.4) is 0 Å². The fourth-order valence-corrected chi connectivity index (χ4v) is 6.49. The number of nitrogens with one attached hydrogen (secondary N) is 1. The predicted molar refractivity (Wildman–Crippen MR) is 128 cm³/mol. The molecule has 2 aromatic rings. The van der Waals surface area contributed by atoms with Crippen molar-refractivity contribution in [2.45, 2.75) is 43.6 Å². The summed E-state index contributed by atoms with van der Waals surface area (Å²) in [5.74, 6) is -1.29. The van der Waals surface area contributed by atoms with E-state index in [4.69, 9.17) is 9.15 Å². The highest BCUT2D eigenvalue weighted by atomic mass is 32.2. The van der Waals surface area contributed by atoms with Gasteiger partial charge in [-0.25, -0.2) is 22.2 Å². The minimum Gasteiger partial charge on any atom is -0.451 e. The monoisotopic (exact) mass is 505 g/mol. The number of benzene rings is 1. The van der Waals surface area contributed by atoms with Crippen LogP contribution >= 0.6 is 0 Å². The maximum atomic E-state index is 15.3. The molecule has 1 atom stereocenters. The van der Waals surface area contributed by atoms with Gasteiger partial charge in [0.25, 0.3) is 0 Å². The molecular weight excluding hydrogens is 476 g/mol. The number of sulfonamides is 1. The summed E-state index contributed by atoms with van der Waals surface area (Å²) in [6.45, 7) is 6.22. The molecule has 0 unspecified atom stereocenters. The first-order valence-electron chi connectivity index (χ1n) is 11.4. The Labute approximate surface area is 204 Å². The highest BCUT2D eigenvalue weighted by Gasteiger charge is 2.43. The lowest BCUT2D eigenvalue weighted by Gasteiger charge is -2.43. The number of aromatic nitrogens is 1. The molecule has 0 aliphatic carbocycles. The van der Waals surface area contributed by atoms with Crippen LogP contribution < -0.4 is 5.32 Å². The number of ether oxygens (including phenoxy) is 1. The number of oxazole rings is 1. The van der Waals surface area contributed by atoms with Gasteiger partial charge >= 0.3 is 0 Å². The van der Waals surface area contributed by atoms with Gasteiger partial charge in [0, 0.05) is 30.8 Å². The standard InChI is InChI=1S/C25H29F2N3O4S/c1-3-5-7-18(4-2)24-8-6-9-30(35(24,31)32)13-19-10-23(27)21(11-22(19)26)25(15-34-16-25)29-12-20-14-33-17-28-20/h3-5,7,10-11,14,17,24,29H,2,6,8-9,12-13,15-16H2,1H3/b5-3-,18-7+/t24-/m1/s1. The van der Waals surface area contributed by atoms with Crippen LogP contribution in [0.5, 0.6) is 0 Å². The van der Waals surface area contributed by atoms with Gasteiger partial charge in [0.15, 0.2) is 6.39 Å². The molecular formula is C25H29F2N3O4S. The zero-order valence-corrected chi connectivity index (χ0v) is 20.4. The molecule has 3 heterocycles. The second-order valence-corrected chi connectivity index (χ2v) is 10.9. The molecule has 0 spiro atoms. The van der Waals surface area contributed by atoms with Crippen molar-refractivity contribution in [2.75, 3.05) is 19.8 Å². The highest BCUT2D eigenvalue weighted by molar-refractivity contribution is 7.90. The smallest absolute Gasteiger partial charge is 0.221 e. The first-order valence-corrected chi connectivity index (χ1v) is 12.9. The number of allylic oxidation sites excluding steroid dienone is 4. The average Bonchev–Trinajstić information content (AvgIpc) is 3.32. The van der Waals surface area contributed by atoms with Crippen molar-refractivity contribution in [1.29, 1.82) is 0 Å². The Kier molecular flexibility index (Phi) is 7.65. The van der Waals surface area contributed by atoms with Gasteiger partial charge in [-0.3, -0.25) is 5.32 Å². The largest absolute Gasteiger partial charge is 0.451 e. The van der Waals surface area contributed by atoms with Gasteiger partial charge < -0.3 is 9.15 Å². The second kappa shape index (κ2) is 10.5. The fourth-order valence-electron chi connectivity index (χ4n) is 4.44. The molecule has 2 aliphatic heterocycles. The van der Waals surface area contributed by atoms with Crippen LogP contribution in [-0.2, 0) is 33.4 Å². The van der Waals surface area contributed by atoms with E-state index in [1.54, 1.807) is 18.2 Å². The minimum absolute atomic E-state index is 0.0139.